The fourth-order valence-electron chi connectivity index (χ4n) is 3.21. The highest BCUT2D eigenvalue weighted by atomic mass is 31.2. The van der Waals surface area contributed by atoms with Crippen molar-refractivity contribution in [1.29, 1.82) is 0 Å². The van der Waals surface area contributed by atoms with E-state index < -0.39 is 7.14 Å². The zero-order valence-corrected chi connectivity index (χ0v) is 18.3. The van der Waals surface area contributed by atoms with Gasteiger partial charge in [0.25, 0.3) is 0 Å². The summed E-state index contributed by atoms with van der Waals surface area (Å²) in [5.41, 5.74) is 1.18. The summed E-state index contributed by atoms with van der Waals surface area (Å²) in [4.78, 5) is 0. The van der Waals surface area contributed by atoms with Crippen LogP contribution in [0.3, 0.4) is 0 Å². The zero-order chi connectivity index (χ0) is 20.8. The predicted molar refractivity (Wildman–Crippen MR) is 127 cm³/mol. The van der Waals surface area contributed by atoms with Crippen LogP contribution in [0, 0.1) is 24.2 Å². The molecule has 1 nitrogen and oxygen atoms in total. The molecule has 0 atom stereocenters. The summed E-state index contributed by atoms with van der Waals surface area (Å²) in [6.45, 7) is 2.09. The number of unbranched alkanes of at least 4 members (excludes halogenated alkanes) is 5. The van der Waals surface area contributed by atoms with Crippen LogP contribution in [0.1, 0.15) is 58.3 Å². The van der Waals surface area contributed by atoms with Gasteiger partial charge in [-0.3, -0.25) is 0 Å². The van der Waals surface area contributed by atoms with Gasteiger partial charge in [0.15, 0.2) is 7.14 Å². The molecule has 0 saturated carbocycles. The van der Waals surface area contributed by atoms with Gasteiger partial charge in [0, 0.05) is 29.9 Å². The molecule has 0 radical (unpaired) electrons. The largest absolute Gasteiger partial charge is 0.309 e. The lowest BCUT2D eigenvalue weighted by Gasteiger charge is -2.17. The Morgan fingerprint density at radius 1 is 0.828 bits per heavy atom. The topological polar surface area (TPSA) is 17.1 Å². The predicted octanol–water partition coefficient (Wildman–Crippen LogP) is 6.66. The molecule has 0 saturated heterocycles. The van der Waals surface area contributed by atoms with Crippen molar-refractivity contribution in [1.82, 2.24) is 0 Å². The summed E-state index contributed by atoms with van der Waals surface area (Å²) in [5, 5.41) is 1.78. The highest BCUT2D eigenvalue weighted by Crippen LogP contribution is 2.46. The smallest absolute Gasteiger partial charge is 0.164 e. The van der Waals surface area contributed by atoms with Crippen LogP contribution in [-0.2, 0) is 4.57 Å². The van der Waals surface area contributed by atoms with Crippen molar-refractivity contribution < 1.29 is 4.57 Å². The summed E-state index contributed by atoms with van der Waals surface area (Å²) in [6, 6.07) is 19.6. The number of rotatable bonds is 10. The first-order valence-electron chi connectivity index (χ1n) is 10.5. The molecule has 0 aliphatic carbocycles. The molecule has 0 heterocycles. The third-order valence-corrected chi connectivity index (χ3v) is 7.74. The van der Waals surface area contributed by atoms with Crippen molar-refractivity contribution >= 4 is 17.8 Å². The Bertz CT molecular complexity index is 864. The van der Waals surface area contributed by atoms with Crippen molar-refractivity contribution in [3.8, 4) is 24.2 Å². The molecule has 2 rings (SSSR count). The number of hydrogen-bond acceptors (Lipinski definition) is 1. The fraction of sp³-hybridized carbons (Fsp3) is 0.333. The van der Waals surface area contributed by atoms with Gasteiger partial charge in [-0.25, -0.2) is 0 Å². The summed E-state index contributed by atoms with van der Waals surface area (Å²) < 4.78 is 14.0. The number of allylic oxidation sites excluding steroid dienone is 1. The van der Waals surface area contributed by atoms with Crippen molar-refractivity contribution in [2.75, 3.05) is 0 Å². The molecule has 0 aliphatic rings. The first kappa shape index (κ1) is 22.8. The first-order chi connectivity index (χ1) is 14.2. The highest BCUT2D eigenvalue weighted by Gasteiger charge is 2.24. The minimum atomic E-state index is -2.76. The van der Waals surface area contributed by atoms with Crippen molar-refractivity contribution in [3.63, 3.8) is 0 Å². The van der Waals surface area contributed by atoms with Crippen molar-refractivity contribution in [3.05, 3.63) is 72.1 Å². The van der Waals surface area contributed by atoms with Crippen LogP contribution >= 0.6 is 7.14 Å². The van der Waals surface area contributed by atoms with E-state index in [2.05, 4.69) is 24.7 Å². The first-order valence-corrected chi connectivity index (χ1v) is 12.2. The molecule has 0 spiro atoms. The van der Waals surface area contributed by atoms with Crippen LogP contribution in [0.4, 0.5) is 0 Å². The Hall–Kier alpha value is -2.47. The van der Waals surface area contributed by atoms with Crippen LogP contribution in [0.2, 0.25) is 0 Å². The summed E-state index contributed by atoms with van der Waals surface area (Å²) in [7, 11) is -2.76. The van der Waals surface area contributed by atoms with Gasteiger partial charge < -0.3 is 4.57 Å². The van der Waals surface area contributed by atoms with Crippen LogP contribution in [0.5, 0.6) is 0 Å². The van der Waals surface area contributed by atoms with Gasteiger partial charge in [0.05, 0.1) is 0 Å². The molecule has 0 N–H and O–H groups in total. The number of hydrogen-bond donors (Lipinski definition) is 0. The van der Waals surface area contributed by atoms with Gasteiger partial charge in [-0.2, -0.15) is 0 Å². The summed E-state index contributed by atoms with van der Waals surface area (Å²) >= 11 is 0. The molecule has 0 bridgehead atoms. The maximum absolute atomic E-state index is 14.0. The van der Waals surface area contributed by atoms with Gasteiger partial charge in [0.2, 0.25) is 0 Å². The molecule has 150 valence electrons. The molecule has 2 aromatic rings. The highest BCUT2D eigenvalue weighted by molar-refractivity contribution is 7.81. The summed E-state index contributed by atoms with van der Waals surface area (Å²) in [5.74, 6) is 11.2. The van der Waals surface area contributed by atoms with E-state index >= 15 is 0 Å². The average Bonchev–Trinajstić information content (AvgIpc) is 2.76. The SMILES string of the molecule is C#CCCCCC#CCCCC/C(C)=C/P(=O)(c1ccccc1)c1ccccc1. The lowest BCUT2D eigenvalue weighted by atomic mass is 10.1. The minimum Gasteiger partial charge on any atom is -0.309 e. The lowest BCUT2D eigenvalue weighted by molar-refractivity contribution is 0.592. The van der Waals surface area contributed by atoms with Crippen LogP contribution in [-0.4, -0.2) is 0 Å². The molecular weight excluding hydrogens is 371 g/mol. The second kappa shape index (κ2) is 12.9. The van der Waals surface area contributed by atoms with E-state index in [9.17, 15) is 4.57 Å². The Balaban J connectivity index is 1.93. The van der Waals surface area contributed by atoms with Gasteiger partial charge in [0.1, 0.15) is 0 Å². The van der Waals surface area contributed by atoms with Crippen LogP contribution in [0.25, 0.3) is 0 Å². The van der Waals surface area contributed by atoms with E-state index in [1.54, 1.807) is 0 Å². The van der Waals surface area contributed by atoms with E-state index in [1.807, 2.05) is 66.5 Å². The van der Waals surface area contributed by atoms with Crippen LogP contribution in [0.15, 0.2) is 72.1 Å². The Labute approximate surface area is 177 Å². The minimum absolute atomic E-state index is 0.850. The Kier molecular flexibility index (Phi) is 10.1. The molecule has 0 aromatic heterocycles. The normalized spacial score (nSPS) is 11.4. The van der Waals surface area contributed by atoms with Gasteiger partial charge >= 0.3 is 0 Å². The molecule has 29 heavy (non-hydrogen) atoms. The van der Waals surface area contributed by atoms with Gasteiger partial charge in [-0.15, -0.1) is 24.2 Å². The van der Waals surface area contributed by atoms with E-state index in [0.717, 1.165) is 62.0 Å². The van der Waals surface area contributed by atoms with E-state index in [1.165, 1.54) is 5.57 Å². The average molecular weight is 403 g/mol. The van der Waals surface area contributed by atoms with E-state index in [4.69, 9.17) is 6.42 Å². The summed E-state index contributed by atoms with van der Waals surface area (Å²) in [6.07, 6.45) is 13.2. The van der Waals surface area contributed by atoms with Crippen molar-refractivity contribution in [2.24, 2.45) is 0 Å². The quantitative estimate of drug-likeness (QED) is 0.247. The van der Waals surface area contributed by atoms with Gasteiger partial charge in [-0.05, 0) is 44.8 Å². The monoisotopic (exact) mass is 402 g/mol. The standard InChI is InChI=1S/C27H31OP/c1-3-4-5-6-7-8-9-10-11-14-19-25(2)24-29(28,26-20-15-12-16-21-26)27-22-17-13-18-23-27/h1,12-13,15-18,20-24H,4-7,10-11,14,19H2,2H3/b25-24+. The molecular formula is C27H31OP. The third kappa shape index (κ3) is 7.81. The third-order valence-electron chi connectivity index (χ3n) is 4.80. The maximum atomic E-state index is 14.0. The molecule has 2 heteroatoms. The second-order valence-corrected chi connectivity index (χ2v) is 9.88. The van der Waals surface area contributed by atoms with E-state index in [-0.39, 0.29) is 0 Å². The van der Waals surface area contributed by atoms with Crippen LogP contribution < -0.4 is 10.6 Å². The molecule has 0 amide bonds. The lowest BCUT2D eigenvalue weighted by Crippen LogP contribution is -2.14. The van der Waals surface area contributed by atoms with Gasteiger partial charge in [-0.1, -0.05) is 66.2 Å². The second-order valence-electron chi connectivity index (χ2n) is 7.28. The fourth-order valence-corrected chi connectivity index (χ4v) is 5.78. The van der Waals surface area contributed by atoms with E-state index in [0.29, 0.717) is 0 Å². The number of benzene rings is 2. The molecule has 0 aliphatic heterocycles. The zero-order valence-electron chi connectivity index (χ0n) is 17.4. The number of terminal acetylenes is 1. The molecule has 2 aromatic carbocycles. The molecule has 0 fully saturated rings. The Morgan fingerprint density at radius 2 is 1.31 bits per heavy atom. The maximum Gasteiger partial charge on any atom is 0.164 e. The van der Waals surface area contributed by atoms with Crippen molar-refractivity contribution in [2.45, 2.75) is 58.3 Å². The molecule has 0 unspecified atom stereocenters. The Morgan fingerprint density at radius 3 is 1.83 bits per heavy atom.